The number of rotatable bonds is 5. The summed E-state index contributed by atoms with van der Waals surface area (Å²) in [5, 5.41) is 0. The molecule has 0 amide bonds. The summed E-state index contributed by atoms with van der Waals surface area (Å²) in [4.78, 5) is 25.8. The highest BCUT2D eigenvalue weighted by Gasteiger charge is 2.48. The van der Waals surface area contributed by atoms with Crippen molar-refractivity contribution in [2.75, 3.05) is 0 Å². The van der Waals surface area contributed by atoms with E-state index in [2.05, 4.69) is 31.9 Å². The fraction of sp³-hybridized carbons (Fsp3) is 0.130. The molecule has 0 saturated carbocycles. The molecular weight excluding hydrogens is 532 g/mol. The predicted octanol–water partition coefficient (Wildman–Crippen LogP) is 5.21. The van der Waals surface area contributed by atoms with Crippen LogP contribution in [0.4, 0.5) is 0 Å². The van der Waals surface area contributed by atoms with Crippen LogP contribution in [0.5, 0.6) is 11.5 Å². The number of halogens is 2. The summed E-state index contributed by atoms with van der Waals surface area (Å²) in [6.45, 7) is 0. The first-order chi connectivity index (χ1) is 15.0. The van der Waals surface area contributed by atoms with Gasteiger partial charge in [0.15, 0.2) is 18.5 Å². The zero-order valence-electron chi connectivity index (χ0n) is 15.9. The van der Waals surface area contributed by atoms with E-state index in [1.54, 1.807) is 60.7 Å². The normalized spacial score (nSPS) is 18.5. The Morgan fingerprint density at radius 1 is 0.645 bits per heavy atom. The van der Waals surface area contributed by atoms with Crippen LogP contribution >= 0.6 is 31.9 Å². The molecule has 0 bridgehead atoms. The van der Waals surface area contributed by atoms with E-state index >= 15 is 0 Å². The van der Waals surface area contributed by atoms with Crippen molar-refractivity contribution in [1.29, 1.82) is 0 Å². The van der Waals surface area contributed by atoms with Crippen molar-refractivity contribution in [2.24, 2.45) is 0 Å². The average molecular weight is 548 g/mol. The fourth-order valence-electron chi connectivity index (χ4n) is 2.95. The first-order valence-corrected chi connectivity index (χ1v) is 10.9. The van der Waals surface area contributed by atoms with Crippen molar-refractivity contribution in [2.45, 2.75) is 18.5 Å². The van der Waals surface area contributed by atoms with Crippen LogP contribution in [0.2, 0.25) is 0 Å². The van der Waals surface area contributed by atoms with Crippen molar-refractivity contribution in [1.82, 2.24) is 0 Å². The van der Waals surface area contributed by atoms with Crippen molar-refractivity contribution in [3.63, 3.8) is 0 Å². The van der Waals surface area contributed by atoms with E-state index < -0.39 is 30.4 Å². The summed E-state index contributed by atoms with van der Waals surface area (Å²) in [6, 6.07) is 22.8. The molecular formula is C23H16Br2O6. The summed E-state index contributed by atoms with van der Waals surface area (Å²) in [6.07, 6.45) is -3.55. The molecule has 8 heteroatoms. The van der Waals surface area contributed by atoms with E-state index in [0.717, 1.165) is 0 Å². The van der Waals surface area contributed by atoms with Gasteiger partial charge >= 0.3 is 11.9 Å². The molecule has 0 aliphatic carbocycles. The van der Waals surface area contributed by atoms with Crippen LogP contribution in [-0.2, 0) is 19.1 Å². The minimum atomic E-state index is -1.31. The fourth-order valence-corrected chi connectivity index (χ4v) is 3.69. The van der Waals surface area contributed by atoms with Crippen LogP contribution in [0.1, 0.15) is 11.9 Å². The number of para-hydroxylation sites is 2. The third kappa shape index (κ3) is 5.04. The van der Waals surface area contributed by atoms with Crippen LogP contribution in [0.15, 0.2) is 87.8 Å². The lowest BCUT2D eigenvalue weighted by atomic mass is 10.2. The van der Waals surface area contributed by atoms with Crippen molar-refractivity contribution in [3.05, 3.63) is 93.4 Å². The van der Waals surface area contributed by atoms with Gasteiger partial charge in [-0.15, -0.1) is 0 Å². The molecule has 1 heterocycles. The largest absolute Gasteiger partial charge is 0.423 e. The van der Waals surface area contributed by atoms with E-state index in [9.17, 15) is 9.59 Å². The van der Waals surface area contributed by atoms with Gasteiger partial charge in [-0.1, -0.05) is 54.6 Å². The molecule has 1 saturated heterocycles. The van der Waals surface area contributed by atoms with Crippen LogP contribution in [0, 0.1) is 0 Å². The summed E-state index contributed by atoms with van der Waals surface area (Å²) in [7, 11) is 0. The molecule has 1 fully saturated rings. The maximum atomic E-state index is 12.9. The van der Waals surface area contributed by atoms with Crippen LogP contribution in [0.25, 0.3) is 0 Å². The van der Waals surface area contributed by atoms with E-state index in [1.807, 2.05) is 18.2 Å². The molecule has 0 aromatic heterocycles. The summed E-state index contributed by atoms with van der Waals surface area (Å²) >= 11 is 6.66. The zero-order chi connectivity index (χ0) is 21.8. The number of hydrogen-bond acceptors (Lipinski definition) is 6. The number of hydrogen-bond donors (Lipinski definition) is 0. The summed E-state index contributed by atoms with van der Waals surface area (Å²) in [5.41, 5.74) is 0.664. The number of carbonyl (C=O) groups is 2. The molecule has 0 unspecified atom stereocenters. The minimum absolute atomic E-state index is 0.303. The molecule has 0 radical (unpaired) electrons. The lowest BCUT2D eigenvalue weighted by Gasteiger charge is -2.15. The van der Waals surface area contributed by atoms with E-state index in [-0.39, 0.29) is 0 Å². The summed E-state index contributed by atoms with van der Waals surface area (Å²) in [5.74, 6) is -0.923. The Labute approximate surface area is 195 Å². The monoisotopic (exact) mass is 546 g/mol. The first-order valence-electron chi connectivity index (χ1n) is 9.31. The molecule has 2 atom stereocenters. The van der Waals surface area contributed by atoms with Crippen LogP contribution < -0.4 is 9.47 Å². The van der Waals surface area contributed by atoms with Gasteiger partial charge < -0.3 is 18.9 Å². The highest BCUT2D eigenvalue weighted by Crippen LogP contribution is 2.34. The standard InChI is InChI=1S/C23H16Br2O6/c24-15-10-4-6-12-17(15)28-21(26)19-20(22(27)29-18-13-7-5-11-16(18)25)31-23(30-19)14-8-2-1-3-9-14/h1-13,19-20,23H/t19-,20-/m1/s1. The Morgan fingerprint density at radius 2 is 1.06 bits per heavy atom. The molecule has 158 valence electrons. The van der Waals surface area contributed by atoms with Crippen molar-refractivity contribution >= 4 is 43.8 Å². The zero-order valence-corrected chi connectivity index (χ0v) is 19.1. The molecule has 3 aromatic carbocycles. The lowest BCUT2D eigenvalue weighted by Crippen LogP contribution is -2.41. The SMILES string of the molecule is O=C(Oc1ccccc1Br)[C@@H]1OC(c2ccccc2)O[C@H]1C(=O)Oc1ccccc1Br. The van der Waals surface area contributed by atoms with E-state index in [1.165, 1.54) is 0 Å². The van der Waals surface area contributed by atoms with Crippen molar-refractivity contribution in [3.8, 4) is 11.5 Å². The van der Waals surface area contributed by atoms with Gasteiger partial charge in [-0.05, 0) is 56.1 Å². The number of esters is 2. The maximum absolute atomic E-state index is 12.9. The quantitative estimate of drug-likeness (QED) is 0.323. The van der Waals surface area contributed by atoms with E-state index in [0.29, 0.717) is 26.0 Å². The topological polar surface area (TPSA) is 71.1 Å². The Hall–Kier alpha value is -2.52. The lowest BCUT2D eigenvalue weighted by molar-refractivity contribution is -0.153. The number of benzene rings is 3. The minimum Gasteiger partial charge on any atom is -0.423 e. The Balaban J connectivity index is 1.58. The van der Waals surface area contributed by atoms with Crippen LogP contribution in [-0.4, -0.2) is 24.1 Å². The van der Waals surface area contributed by atoms with Gasteiger partial charge in [0.2, 0.25) is 0 Å². The maximum Gasteiger partial charge on any atom is 0.344 e. The second-order valence-electron chi connectivity index (χ2n) is 6.56. The van der Waals surface area contributed by atoms with Gasteiger partial charge in [-0.25, -0.2) is 9.59 Å². The number of carbonyl (C=O) groups excluding carboxylic acids is 2. The summed E-state index contributed by atoms with van der Waals surface area (Å²) < 4.78 is 23.7. The van der Waals surface area contributed by atoms with Gasteiger partial charge in [-0.3, -0.25) is 0 Å². The molecule has 1 aliphatic heterocycles. The smallest absolute Gasteiger partial charge is 0.344 e. The van der Waals surface area contributed by atoms with Crippen LogP contribution in [0.3, 0.4) is 0 Å². The van der Waals surface area contributed by atoms with Crippen molar-refractivity contribution < 1.29 is 28.5 Å². The van der Waals surface area contributed by atoms with Gasteiger partial charge in [0, 0.05) is 5.56 Å². The third-order valence-corrected chi connectivity index (χ3v) is 5.76. The van der Waals surface area contributed by atoms with Gasteiger partial charge in [0.1, 0.15) is 11.5 Å². The highest BCUT2D eigenvalue weighted by atomic mass is 79.9. The molecule has 4 rings (SSSR count). The Morgan fingerprint density at radius 3 is 1.52 bits per heavy atom. The highest BCUT2D eigenvalue weighted by molar-refractivity contribution is 9.10. The Bertz CT molecular complexity index is 1020. The molecule has 0 N–H and O–H groups in total. The van der Waals surface area contributed by atoms with Gasteiger partial charge in [-0.2, -0.15) is 0 Å². The first kappa shape index (κ1) is 21.7. The molecule has 1 aliphatic rings. The second-order valence-corrected chi connectivity index (χ2v) is 8.27. The predicted molar refractivity (Wildman–Crippen MR) is 118 cm³/mol. The van der Waals surface area contributed by atoms with Gasteiger partial charge in [0.25, 0.3) is 0 Å². The van der Waals surface area contributed by atoms with Gasteiger partial charge in [0.05, 0.1) is 8.95 Å². The number of ether oxygens (including phenoxy) is 4. The average Bonchev–Trinajstić information content (AvgIpc) is 3.23. The molecule has 6 nitrogen and oxygen atoms in total. The molecule has 3 aromatic rings. The second kappa shape index (κ2) is 9.74. The Kier molecular flexibility index (Phi) is 6.82. The molecule has 0 spiro atoms. The van der Waals surface area contributed by atoms with E-state index in [4.69, 9.17) is 18.9 Å². The third-order valence-electron chi connectivity index (χ3n) is 4.45. The molecule has 31 heavy (non-hydrogen) atoms.